The maximum absolute atomic E-state index is 12.8. The SMILES string of the molecule is NC/C(=C\F)COc1ccc(S(=O)(=O)CN2C(=O)CCc3ccccc32)cc1. The molecule has 28 heavy (non-hydrogen) atoms. The minimum absolute atomic E-state index is 0.0157. The predicted molar refractivity (Wildman–Crippen MR) is 104 cm³/mol. The molecule has 1 heterocycles. The van der Waals surface area contributed by atoms with Crippen molar-refractivity contribution in [1.29, 1.82) is 0 Å². The fraction of sp³-hybridized carbons (Fsp3) is 0.250. The molecule has 0 fully saturated rings. The van der Waals surface area contributed by atoms with Gasteiger partial charge in [0, 0.05) is 24.2 Å². The third-order valence-electron chi connectivity index (χ3n) is 4.51. The van der Waals surface area contributed by atoms with Gasteiger partial charge in [0.15, 0.2) is 9.84 Å². The lowest BCUT2D eigenvalue weighted by molar-refractivity contribution is -0.118. The van der Waals surface area contributed by atoms with Crippen molar-refractivity contribution in [3.05, 3.63) is 66.0 Å². The molecule has 0 saturated heterocycles. The van der Waals surface area contributed by atoms with Crippen LogP contribution in [0.2, 0.25) is 0 Å². The van der Waals surface area contributed by atoms with Crippen LogP contribution in [-0.4, -0.2) is 33.4 Å². The number of anilines is 1. The van der Waals surface area contributed by atoms with E-state index in [-0.39, 0.29) is 30.4 Å². The van der Waals surface area contributed by atoms with E-state index >= 15 is 0 Å². The van der Waals surface area contributed by atoms with Crippen molar-refractivity contribution in [2.24, 2.45) is 5.73 Å². The first kappa shape index (κ1) is 20.0. The first-order chi connectivity index (χ1) is 13.4. The first-order valence-electron chi connectivity index (χ1n) is 8.76. The van der Waals surface area contributed by atoms with E-state index in [1.54, 1.807) is 12.1 Å². The van der Waals surface area contributed by atoms with Crippen LogP contribution in [0.15, 0.2) is 65.3 Å². The van der Waals surface area contributed by atoms with Crippen molar-refractivity contribution in [2.45, 2.75) is 17.7 Å². The number of nitrogens with two attached hydrogens (primary N) is 1. The normalized spacial score (nSPS) is 14.7. The van der Waals surface area contributed by atoms with Crippen molar-refractivity contribution in [3.63, 3.8) is 0 Å². The number of hydrogen-bond acceptors (Lipinski definition) is 5. The molecule has 2 aromatic rings. The molecule has 1 amide bonds. The van der Waals surface area contributed by atoms with Crippen molar-refractivity contribution in [3.8, 4) is 5.75 Å². The number of nitrogens with zero attached hydrogens (tertiary/aromatic N) is 1. The van der Waals surface area contributed by atoms with Crippen LogP contribution >= 0.6 is 0 Å². The number of carbonyl (C=O) groups is 1. The minimum Gasteiger partial charge on any atom is -0.489 e. The summed E-state index contributed by atoms with van der Waals surface area (Å²) in [5.41, 5.74) is 7.24. The Morgan fingerprint density at radius 3 is 2.54 bits per heavy atom. The Morgan fingerprint density at radius 2 is 1.86 bits per heavy atom. The zero-order chi connectivity index (χ0) is 20.1. The number of sulfone groups is 1. The Bertz CT molecular complexity index is 988. The average Bonchev–Trinajstić information content (AvgIpc) is 2.71. The van der Waals surface area contributed by atoms with Crippen LogP contribution in [0.25, 0.3) is 0 Å². The highest BCUT2D eigenvalue weighted by molar-refractivity contribution is 7.91. The molecule has 0 saturated carbocycles. The second-order valence-electron chi connectivity index (χ2n) is 6.43. The van der Waals surface area contributed by atoms with Crippen LogP contribution in [0.4, 0.5) is 10.1 Å². The molecule has 0 atom stereocenters. The van der Waals surface area contributed by atoms with Gasteiger partial charge in [-0.3, -0.25) is 9.69 Å². The Labute approximate surface area is 163 Å². The van der Waals surface area contributed by atoms with Gasteiger partial charge in [0.1, 0.15) is 18.2 Å². The third kappa shape index (κ3) is 4.40. The standard InChI is InChI=1S/C20H21FN2O4S/c21-11-15(12-22)13-27-17-6-8-18(9-7-17)28(25,26)14-23-19-4-2-1-3-16(19)5-10-20(23)24/h1-4,6-9,11H,5,10,12-14,22H2/b15-11+. The maximum atomic E-state index is 12.8. The molecule has 2 aromatic carbocycles. The summed E-state index contributed by atoms with van der Waals surface area (Å²) in [6.07, 6.45) is 1.28. The van der Waals surface area contributed by atoms with Gasteiger partial charge in [0.25, 0.3) is 0 Å². The molecular weight excluding hydrogens is 383 g/mol. The molecule has 148 valence electrons. The number of ether oxygens (including phenoxy) is 1. The number of para-hydroxylation sites is 1. The number of amides is 1. The summed E-state index contributed by atoms with van der Waals surface area (Å²) in [4.78, 5) is 13.7. The lowest BCUT2D eigenvalue weighted by Gasteiger charge is -2.29. The molecule has 0 unspecified atom stereocenters. The monoisotopic (exact) mass is 404 g/mol. The lowest BCUT2D eigenvalue weighted by Crippen LogP contribution is -2.39. The summed E-state index contributed by atoms with van der Waals surface area (Å²) in [6, 6.07) is 13.1. The smallest absolute Gasteiger partial charge is 0.228 e. The maximum Gasteiger partial charge on any atom is 0.228 e. The van der Waals surface area contributed by atoms with E-state index in [0.717, 1.165) is 5.56 Å². The van der Waals surface area contributed by atoms with Crippen molar-refractivity contribution in [1.82, 2.24) is 0 Å². The number of hydrogen-bond donors (Lipinski definition) is 1. The van der Waals surface area contributed by atoms with Gasteiger partial charge in [-0.15, -0.1) is 0 Å². The van der Waals surface area contributed by atoms with Crippen LogP contribution in [0, 0.1) is 0 Å². The zero-order valence-electron chi connectivity index (χ0n) is 15.2. The summed E-state index contributed by atoms with van der Waals surface area (Å²) in [5, 5.41) is 0. The molecular formula is C20H21FN2O4S. The molecule has 6 nitrogen and oxygen atoms in total. The number of rotatable bonds is 7. The minimum atomic E-state index is -3.73. The Kier molecular flexibility index (Phi) is 6.11. The molecule has 1 aliphatic heterocycles. The second-order valence-corrected chi connectivity index (χ2v) is 8.38. The number of aryl methyl sites for hydroxylation is 1. The van der Waals surface area contributed by atoms with Crippen LogP contribution in [0.3, 0.4) is 0 Å². The fourth-order valence-electron chi connectivity index (χ4n) is 2.94. The summed E-state index contributed by atoms with van der Waals surface area (Å²) >= 11 is 0. The van der Waals surface area contributed by atoms with E-state index in [9.17, 15) is 17.6 Å². The van der Waals surface area contributed by atoms with Crippen LogP contribution in [0.5, 0.6) is 5.75 Å². The van der Waals surface area contributed by atoms with Crippen LogP contribution in [0.1, 0.15) is 12.0 Å². The number of fused-ring (bicyclic) bond motifs is 1. The zero-order valence-corrected chi connectivity index (χ0v) is 16.0. The second kappa shape index (κ2) is 8.53. The quantitative estimate of drug-likeness (QED) is 0.766. The van der Waals surface area contributed by atoms with Gasteiger partial charge in [0.2, 0.25) is 5.91 Å². The van der Waals surface area contributed by atoms with E-state index < -0.39 is 15.7 Å². The third-order valence-corrected chi connectivity index (χ3v) is 6.10. The highest BCUT2D eigenvalue weighted by atomic mass is 32.2. The topological polar surface area (TPSA) is 89.7 Å². The molecule has 0 aromatic heterocycles. The summed E-state index contributed by atoms with van der Waals surface area (Å²) in [7, 11) is -3.73. The summed E-state index contributed by atoms with van der Waals surface area (Å²) in [5.74, 6) is -0.244. The van der Waals surface area contributed by atoms with Gasteiger partial charge in [-0.25, -0.2) is 12.8 Å². The lowest BCUT2D eigenvalue weighted by atomic mass is 10.0. The molecule has 2 N–H and O–H groups in total. The summed E-state index contributed by atoms with van der Waals surface area (Å²) in [6.45, 7) is 0.0203. The van der Waals surface area contributed by atoms with Gasteiger partial charge < -0.3 is 10.5 Å². The van der Waals surface area contributed by atoms with Gasteiger partial charge in [-0.1, -0.05) is 18.2 Å². The van der Waals surface area contributed by atoms with Gasteiger partial charge in [-0.2, -0.15) is 0 Å². The van der Waals surface area contributed by atoms with Crippen LogP contribution in [-0.2, 0) is 21.1 Å². The van der Waals surface area contributed by atoms with Crippen molar-refractivity contribution >= 4 is 21.4 Å². The molecule has 0 radical (unpaired) electrons. The molecule has 1 aliphatic rings. The molecule has 0 aliphatic carbocycles. The van der Waals surface area contributed by atoms with E-state index in [1.807, 2.05) is 12.1 Å². The van der Waals surface area contributed by atoms with Crippen molar-refractivity contribution in [2.75, 3.05) is 23.9 Å². The van der Waals surface area contributed by atoms with E-state index in [2.05, 4.69) is 0 Å². The Morgan fingerprint density at radius 1 is 1.14 bits per heavy atom. The number of halogens is 1. The highest BCUT2D eigenvalue weighted by Gasteiger charge is 2.29. The van der Waals surface area contributed by atoms with E-state index in [0.29, 0.717) is 29.8 Å². The largest absolute Gasteiger partial charge is 0.489 e. The predicted octanol–water partition coefficient (Wildman–Crippen LogP) is 2.59. The fourth-order valence-corrected chi connectivity index (χ4v) is 4.26. The van der Waals surface area contributed by atoms with Gasteiger partial charge >= 0.3 is 0 Å². The average molecular weight is 404 g/mol. The number of benzene rings is 2. The van der Waals surface area contributed by atoms with Crippen LogP contribution < -0.4 is 15.4 Å². The Hall–Kier alpha value is -2.71. The number of carbonyl (C=O) groups excluding carboxylic acids is 1. The molecule has 3 rings (SSSR count). The Balaban J connectivity index is 1.76. The molecule has 0 spiro atoms. The van der Waals surface area contributed by atoms with Gasteiger partial charge in [-0.05, 0) is 42.3 Å². The van der Waals surface area contributed by atoms with Gasteiger partial charge in [0.05, 0.1) is 11.2 Å². The summed E-state index contributed by atoms with van der Waals surface area (Å²) < 4.78 is 43.5. The van der Waals surface area contributed by atoms with E-state index in [1.165, 1.54) is 29.2 Å². The highest BCUT2D eigenvalue weighted by Crippen LogP contribution is 2.29. The van der Waals surface area contributed by atoms with Crippen molar-refractivity contribution < 1.29 is 22.3 Å². The molecule has 8 heteroatoms. The molecule has 0 bridgehead atoms. The first-order valence-corrected chi connectivity index (χ1v) is 10.4. The van der Waals surface area contributed by atoms with E-state index in [4.69, 9.17) is 10.5 Å².